The molecule has 0 saturated carbocycles. The number of ketones is 1. The first-order valence-electron chi connectivity index (χ1n) is 7.57. The molecule has 6 nitrogen and oxygen atoms in total. The number of ether oxygens (including phenoxy) is 1. The van der Waals surface area contributed by atoms with Gasteiger partial charge in [-0.1, -0.05) is 23.7 Å². The molecular weight excluding hydrogens is 346 g/mol. The van der Waals surface area contributed by atoms with Crippen LogP contribution >= 0.6 is 11.6 Å². The Balaban J connectivity index is 1.56. The second-order valence-corrected chi connectivity index (χ2v) is 5.76. The predicted octanol–water partition coefficient (Wildman–Crippen LogP) is 3.06. The fraction of sp³-hybridized carbons (Fsp3) is 0.167. The molecule has 7 heteroatoms. The van der Waals surface area contributed by atoms with Gasteiger partial charge in [0.25, 0.3) is 0 Å². The van der Waals surface area contributed by atoms with Crippen LogP contribution in [0.25, 0.3) is 11.1 Å². The zero-order valence-electron chi connectivity index (χ0n) is 13.1. The highest BCUT2D eigenvalue weighted by atomic mass is 35.5. The van der Waals surface area contributed by atoms with Gasteiger partial charge in [0, 0.05) is 17.1 Å². The van der Waals surface area contributed by atoms with Gasteiger partial charge in [0.15, 0.2) is 18.0 Å². The smallest absolute Gasteiger partial charge is 0.419 e. The molecule has 25 heavy (non-hydrogen) atoms. The molecule has 0 radical (unpaired) electrons. The molecule has 0 amide bonds. The molecule has 128 valence electrons. The van der Waals surface area contributed by atoms with Crippen molar-refractivity contribution in [3.63, 3.8) is 0 Å². The third kappa shape index (κ3) is 3.97. The minimum Gasteiger partial charge on any atom is -0.457 e. The monoisotopic (exact) mass is 359 g/mol. The quantitative estimate of drug-likeness (QED) is 0.499. The van der Waals surface area contributed by atoms with Crippen LogP contribution < -0.4 is 5.76 Å². The van der Waals surface area contributed by atoms with Gasteiger partial charge in [-0.2, -0.15) is 0 Å². The zero-order valence-corrected chi connectivity index (χ0v) is 13.9. The number of carbonyl (C=O) groups excluding carboxylic acids is 2. The van der Waals surface area contributed by atoms with Gasteiger partial charge in [0.05, 0.1) is 11.9 Å². The largest absolute Gasteiger partial charge is 0.457 e. The predicted molar refractivity (Wildman–Crippen MR) is 91.8 cm³/mol. The average Bonchev–Trinajstić information content (AvgIpc) is 2.93. The first-order valence-corrected chi connectivity index (χ1v) is 7.95. The second kappa shape index (κ2) is 7.36. The first-order chi connectivity index (χ1) is 12.0. The van der Waals surface area contributed by atoms with Gasteiger partial charge in [-0.25, -0.2) is 4.79 Å². The summed E-state index contributed by atoms with van der Waals surface area (Å²) in [6.45, 7) is -0.245. The number of Topliss-reactive ketones (excluding diaryl/α,β-unsaturated/α-hetero) is 1. The molecule has 0 aliphatic heterocycles. The van der Waals surface area contributed by atoms with Crippen molar-refractivity contribution in [1.82, 2.24) is 4.57 Å². The van der Waals surface area contributed by atoms with Crippen molar-refractivity contribution < 1.29 is 18.7 Å². The fourth-order valence-corrected chi connectivity index (χ4v) is 2.49. The summed E-state index contributed by atoms with van der Waals surface area (Å²) in [7, 11) is 0. The van der Waals surface area contributed by atoms with E-state index in [1.807, 2.05) is 0 Å². The fourth-order valence-electron chi connectivity index (χ4n) is 2.37. The number of rotatable bonds is 6. The van der Waals surface area contributed by atoms with Gasteiger partial charge in [-0.15, -0.1) is 0 Å². The molecule has 0 spiro atoms. The second-order valence-electron chi connectivity index (χ2n) is 5.33. The number of aryl methyl sites for hydroxylation is 1. The highest BCUT2D eigenvalue weighted by Crippen LogP contribution is 2.12. The van der Waals surface area contributed by atoms with E-state index in [1.54, 1.807) is 48.5 Å². The highest BCUT2D eigenvalue weighted by Gasteiger charge is 2.13. The Morgan fingerprint density at radius 3 is 2.56 bits per heavy atom. The van der Waals surface area contributed by atoms with Crippen molar-refractivity contribution in [2.24, 2.45) is 0 Å². The van der Waals surface area contributed by atoms with Gasteiger partial charge < -0.3 is 9.15 Å². The number of halogens is 1. The van der Waals surface area contributed by atoms with Crippen LogP contribution in [-0.4, -0.2) is 22.9 Å². The molecule has 1 heterocycles. The van der Waals surface area contributed by atoms with E-state index in [1.165, 1.54) is 4.57 Å². The summed E-state index contributed by atoms with van der Waals surface area (Å²) in [5.41, 5.74) is 1.48. The lowest BCUT2D eigenvalue weighted by Gasteiger charge is -2.05. The molecule has 1 aromatic heterocycles. The number of esters is 1. The SMILES string of the molecule is O=C(CCn1c(=O)oc2ccccc21)OCC(=O)c1ccc(Cl)cc1. The summed E-state index contributed by atoms with van der Waals surface area (Å²) in [6.07, 6.45) is -0.0443. The van der Waals surface area contributed by atoms with Gasteiger partial charge >= 0.3 is 11.7 Å². The number of hydrogen-bond acceptors (Lipinski definition) is 5. The van der Waals surface area contributed by atoms with Crippen molar-refractivity contribution >= 4 is 34.5 Å². The van der Waals surface area contributed by atoms with Crippen LogP contribution in [-0.2, 0) is 16.1 Å². The van der Waals surface area contributed by atoms with Crippen LogP contribution in [0.4, 0.5) is 0 Å². The molecule has 0 fully saturated rings. The molecule has 3 aromatic rings. The first kappa shape index (κ1) is 17.0. The number of carbonyl (C=O) groups is 2. The molecule has 0 unspecified atom stereocenters. The minimum atomic E-state index is -0.570. The van der Waals surface area contributed by atoms with Gasteiger partial charge in [-0.05, 0) is 36.4 Å². The average molecular weight is 360 g/mol. The standard InChI is InChI=1S/C18H14ClNO5/c19-13-7-5-12(6-8-13)15(21)11-24-17(22)9-10-20-14-3-1-2-4-16(14)25-18(20)23/h1-8H,9-11H2. The van der Waals surface area contributed by atoms with Crippen molar-refractivity contribution in [1.29, 1.82) is 0 Å². The van der Waals surface area contributed by atoms with Gasteiger partial charge in [0.2, 0.25) is 0 Å². The number of oxazole rings is 1. The number of para-hydroxylation sites is 2. The van der Waals surface area contributed by atoms with E-state index >= 15 is 0 Å². The summed E-state index contributed by atoms with van der Waals surface area (Å²) >= 11 is 5.76. The Bertz CT molecular complexity index is 971. The maximum atomic E-state index is 11.9. The Morgan fingerprint density at radius 2 is 1.80 bits per heavy atom. The molecular formula is C18H14ClNO5. The van der Waals surface area contributed by atoms with Crippen LogP contribution in [0.5, 0.6) is 0 Å². The third-order valence-corrected chi connectivity index (χ3v) is 3.90. The molecule has 3 rings (SSSR count). The summed E-state index contributed by atoms with van der Waals surface area (Å²) in [6, 6.07) is 13.3. The number of fused-ring (bicyclic) bond motifs is 1. The van der Waals surface area contributed by atoms with Crippen LogP contribution in [0.15, 0.2) is 57.7 Å². The number of nitrogens with zero attached hydrogens (tertiary/aromatic N) is 1. The number of aromatic nitrogens is 1. The molecule has 0 aliphatic rings. The van der Waals surface area contributed by atoms with E-state index in [9.17, 15) is 14.4 Å². The Kier molecular flexibility index (Phi) is 5.00. The van der Waals surface area contributed by atoms with Crippen molar-refractivity contribution in [2.75, 3.05) is 6.61 Å². The third-order valence-electron chi connectivity index (χ3n) is 3.64. The van der Waals surface area contributed by atoms with Gasteiger partial charge in [-0.3, -0.25) is 14.2 Å². The molecule has 0 bridgehead atoms. The molecule has 0 saturated heterocycles. The minimum absolute atomic E-state index is 0.0443. The van der Waals surface area contributed by atoms with Crippen molar-refractivity contribution in [3.05, 3.63) is 69.7 Å². The van der Waals surface area contributed by atoms with E-state index in [-0.39, 0.29) is 25.4 Å². The lowest BCUT2D eigenvalue weighted by Crippen LogP contribution is -2.19. The number of benzene rings is 2. The molecule has 0 atom stereocenters. The Labute approximate surface area is 147 Å². The van der Waals surface area contributed by atoms with Crippen LogP contribution in [0, 0.1) is 0 Å². The molecule has 0 N–H and O–H groups in total. The van der Waals surface area contributed by atoms with E-state index in [2.05, 4.69) is 0 Å². The van der Waals surface area contributed by atoms with E-state index < -0.39 is 11.7 Å². The topological polar surface area (TPSA) is 78.5 Å². The van der Waals surface area contributed by atoms with E-state index in [4.69, 9.17) is 20.8 Å². The van der Waals surface area contributed by atoms with Crippen LogP contribution in [0.2, 0.25) is 5.02 Å². The summed E-state index contributed by atoms with van der Waals surface area (Å²) < 4.78 is 11.4. The van der Waals surface area contributed by atoms with E-state index in [0.29, 0.717) is 21.7 Å². The van der Waals surface area contributed by atoms with Crippen LogP contribution in [0.1, 0.15) is 16.8 Å². The van der Waals surface area contributed by atoms with E-state index in [0.717, 1.165) is 0 Å². The van der Waals surface area contributed by atoms with Gasteiger partial charge in [0.1, 0.15) is 0 Å². The highest BCUT2D eigenvalue weighted by molar-refractivity contribution is 6.30. The van der Waals surface area contributed by atoms with Crippen molar-refractivity contribution in [3.8, 4) is 0 Å². The Morgan fingerprint density at radius 1 is 1.08 bits per heavy atom. The van der Waals surface area contributed by atoms with Crippen LogP contribution in [0.3, 0.4) is 0 Å². The maximum Gasteiger partial charge on any atom is 0.419 e. The van der Waals surface area contributed by atoms with Crippen molar-refractivity contribution in [2.45, 2.75) is 13.0 Å². The maximum absolute atomic E-state index is 11.9. The summed E-state index contributed by atoms with van der Waals surface area (Å²) in [5.74, 6) is -1.43. The Hall–Kier alpha value is -2.86. The molecule has 0 aliphatic carbocycles. The lowest BCUT2D eigenvalue weighted by molar-refractivity contribution is -0.142. The zero-order chi connectivity index (χ0) is 17.8. The summed E-state index contributed by atoms with van der Waals surface area (Å²) in [4.78, 5) is 35.6. The lowest BCUT2D eigenvalue weighted by atomic mass is 10.1. The molecule has 2 aromatic carbocycles. The number of hydrogen-bond donors (Lipinski definition) is 0. The summed E-state index contributed by atoms with van der Waals surface area (Å²) in [5, 5.41) is 0.520. The normalized spacial score (nSPS) is 10.8.